The standard InChI is InChI=1S/C32H32FN5O7/c1-3-16-18-8-24-28-19(11-38(24)29(41)20(18)12-44-30(16)42)27-22(5-4-17-15(2)21(33)9-23(36-28)26(17)27)37-31(43)32(6-7-32)45-14-35-25(40)10-34-13-39/h8-9,13,16,22H,3-7,10-12,14H2,1-2H3,(H,34,39)(H,35,40)(H,37,43). The van der Waals surface area contributed by atoms with Crippen LogP contribution in [0.15, 0.2) is 16.9 Å². The molecular formula is C32H32FN5O7. The van der Waals surface area contributed by atoms with Crippen molar-refractivity contribution in [3.63, 3.8) is 0 Å². The molecule has 1 saturated carbocycles. The lowest BCUT2D eigenvalue weighted by atomic mass is 9.81. The van der Waals surface area contributed by atoms with Crippen LogP contribution in [0.2, 0.25) is 0 Å². The van der Waals surface area contributed by atoms with Gasteiger partial charge in [-0.05, 0) is 67.3 Å². The molecule has 13 heteroatoms. The van der Waals surface area contributed by atoms with E-state index in [0.29, 0.717) is 72.1 Å². The van der Waals surface area contributed by atoms with Crippen LogP contribution < -0.4 is 21.5 Å². The lowest BCUT2D eigenvalue weighted by molar-refractivity contribution is -0.148. The highest BCUT2D eigenvalue weighted by atomic mass is 19.1. The Bertz CT molecular complexity index is 1880. The van der Waals surface area contributed by atoms with Crippen LogP contribution in [0.1, 0.15) is 77.9 Å². The Morgan fingerprint density at radius 2 is 2.02 bits per heavy atom. The fourth-order valence-electron chi connectivity index (χ4n) is 7.01. The van der Waals surface area contributed by atoms with E-state index in [1.54, 1.807) is 11.5 Å². The van der Waals surface area contributed by atoms with E-state index in [0.717, 1.165) is 22.1 Å². The Balaban J connectivity index is 1.27. The van der Waals surface area contributed by atoms with E-state index >= 15 is 4.39 Å². The van der Waals surface area contributed by atoms with Gasteiger partial charge < -0.3 is 30.0 Å². The van der Waals surface area contributed by atoms with Gasteiger partial charge in [-0.15, -0.1) is 0 Å². The largest absolute Gasteiger partial charge is 0.460 e. The van der Waals surface area contributed by atoms with E-state index in [-0.39, 0.29) is 49.7 Å². The summed E-state index contributed by atoms with van der Waals surface area (Å²) in [5, 5.41) is 8.74. The van der Waals surface area contributed by atoms with Gasteiger partial charge in [-0.2, -0.15) is 0 Å². The van der Waals surface area contributed by atoms with E-state index < -0.39 is 23.5 Å². The molecule has 2 aromatic heterocycles. The summed E-state index contributed by atoms with van der Waals surface area (Å²) < 4.78 is 27.9. The van der Waals surface area contributed by atoms with Crippen LogP contribution in [0.25, 0.3) is 22.3 Å². The molecule has 3 aromatic rings. The van der Waals surface area contributed by atoms with E-state index in [9.17, 15) is 24.0 Å². The first-order valence-corrected chi connectivity index (χ1v) is 15.1. The number of nitrogens with one attached hydrogen (secondary N) is 3. The van der Waals surface area contributed by atoms with Gasteiger partial charge in [0.15, 0.2) is 0 Å². The molecule has 3 amide bonds. The smallest absolute Gasteiger partial charge is 0.313 e. The second kappa shape index (κ2) is 10.8. The number of pyridine rings is 2. The van der Waals surface area contributed by atoms with Crippen molar-refractivity contribution in [2.24, 2.45) is 0 Å². The van der Waals surface area contributed by atoms with Crippen LogP contribution in [0, 0.1) is 12.7 Å². The first kappa shape index (κ1) is 29.1. The summed E-state index contributed by atoms with van der Waals surface area (Å²) in [5.74, 6) is -2.07. The molecule has 1 aromatic carbocycles. The Morgan fingerprint density at radius 3 is 2.76 bits per heavy atom. The number of halogens is 1. The number of aromatic nitrogens is 2. The molecule has 0 radical (unpaired) electrons. The predicted octanol–water partition coefficient (Wildman–Crippen LogP) is 1.90. The van der Waals surface area contributed by atoms with Crippen molar-refractivity contribution < 1.29 is 33.0 Å². The van der Waals surface area contributed by atoms with Crippen molar-refractivity contribution in [1.82, 2.24) is 25.5 Å². The van der Waals surface area contributed by atoms with Gasteiger partial charge in [0.05, 0.1) is 47.5 Å². The number of rotatable bonds is 9. The normalized spacial score (nSPS) is 20.0. The summed E-state index contributed by atoms with van der Waals surface area (Å²) >= 11 is 0. The van der Waals surface area contributed by atoms with Gasteiger partial charge in [-0.25, -0.2) is 9.37 Å². The van der Waals surface area contributed by atoms with Crippen molar-refractivity contribution in [1.29, 1.82) is 0 Å². The molecule has 3 N–H and O–H groups in total. The molecule has 2 atom stereocenters. The number of nitrogens with zero attached hydrogens (tertiary/aromatic N) is 2. The maximum Gasteiger partial charge on any atom is 0.313 e. The molecule has 4 aliphatic rings. The minimum absolute atomic E-state index is 0.0915. The fraction of sp³-hybridized carbons (Fsp3) is 0.438. The molecule has 234 valence electrons. The SMILES string of the molecule is CCC1C(=O)OCc2c1cc1n(c2=O)Cc2c-1nc1cc(F)c(C)c3c1c2C(NC(=O)C1(OCNC(=O)CNC=O)CC1)CC3. The van der Waals surface area contributed by atoms with Crippen molar-refractivity contribution >= 4 is 35.1 Å². The zero-order valence-corrected chi connectivity index (χ0v) is 24.9. The van der Waals surface area contributed by atoms with Gasteiger partial charge in [-0.1, -0.05) is 6.92 Å². The van der Waals surface area contributed by atoms with Gasteiger partial charge in [0, 0.05) is 17.0 Å². The van der Waals surface area contributed by atoms with Gasteiger partial charge in [0.2, 0.25) is 12.3 Å². The monoisotopic (exact) mass is 617 g/mol. The first-order chi connectivity index (χ1) is 21.7. The molecular weight excluding hydrogens is 585 g/mol. The highest BCUT2D eigenvalue weighted by Gasteiger charge is 2.52. The van der Waals surface area contributed by atoms with Crippen LogP contribution >= 0.6 is 0 Å². The zero-order valence-electron chi connectivity index (χ0n) is 24.9. The van der Waals surface area contributed by atoms with Crippen LogP contribution in [-0.4, -0.2) is 52.6 Å². The number of carbonyl (C=O) groups excluding carboxylic acids is 4. The maximum atomic E-state index is 15.2. The van der Waals surface area contributed by atoms with Crippen molar-refractivity contribution in [2.45, 2.75) is 76.7 Å². The molecule has 2 aliphatic heterocycles. The highest BCUT2D eigenvalue weighted by Crippen LogP contribution is 2.47. The number of carbonyl (C=O) groups is 4. The molecule has 4 heterocycles. The molecule has 45 heavy (non-hydrogen) atoms. The topological polar surface area (TPSA) is 158 Å². The van der Waals surface area contributed by atoms with E-state index in [1.165, 1.54) is 6.07 Å². The van der Waals surface area contributed by atoms with Crippen LogP contribution in [0.4, 0.5) is 4.39 Å². The second-order valence-corrected chi connectivity index (χ2v) is 12.1. The minimum atomic E-state index is -1.10. The third kappa shape index (κ3) is 4.59. The molecule has 0 spiro atoms. The van der Waals surface area contributed by atoms with E-state index in [4.69, 9.17) is 14.5 Å². The van der Waals surface area contributed by atoms with E-state index in [2.05, 4.69) is 16.0 Å². The summed E-state index contributed by atoms with van der Waals surface area (Å²) in [7, 11) is 0. The predicted molar refractivity (Wildman–Crippen MR) is 157 cm³/mol. The molecule has 0 bridgehead atoms. The van der Waals surface area contributed by atoms with Gasteiger partial charge >= 0.3 is 5.97 Å². The third-order valence-corrected chi connectivity index (χ3v) is 9.58. The number of hydrogen-bond donors (Lipinski definition) is 3. The number of ether oxygens (including phenoxy) is 2. The van der Waals surface area contributed by atoms with Crippen LogP contribution in [0.5, 0.6) is 0 Å². The number of benzene rings is 1. The molecule has 1 fully saturated rings. The molecule has 0 saturated heterocycles. The summed E-state index contributed by atoms with van der Waals surface area (Å²) in [6.07, 6.45) is 2.87. The summed E-state index contributed by atoms with van der Waals surface area (Å²) in [6.45, 7) is 3.33. The molecule has 12 nitrogen and oxygen atoms in total. The Morgan fingerprint density at radius 1 is 1.22 bits per heavy atom. The number of esters is 1. The number of aryl methyl sites for hydroxylation is 1. The molecule has 2 unspecified atom stereocenters. The van der Waals surface area contributed by atoms with Crippen molar-refractivity contribution in [3.05, 3.63) is 61.7 Å². The molecule has 2 aliphatic carbocycles. The van der Waals surface area contributed by atoms with Crippen molar-refractivity contribution in [2.75, 3.05) is 13.3 Å². The second-order valence-electron chi connectivity index (χ2n) is 12.1. The highest BCUT2D eigenvalue weighted by molar-refractivity contribution is 5.95. The lowest BCUT2D eigenvalue weighted by Crippen LogP contribution is -2.44. The van der Waals surface area contributed by atoms with Crippen LogP contribution in [-0.2, 0) is 48.2 Å². The van der Waals surface area contributed by atoms with Gasteiger partial charge in [0.1, 0.15) is 24.8 Å². The Labute approximate surface area is 256 Å². The van der Waals surface area contributed by atoms with Crippen LogP contribution in [0.3, 0.4) is 0 Å². The summed E-state index contributed by atoms with van der Waals surface area (Å²) in [5.41, 5.74) is 4.20. The number of amides is 3. The average Bonchev–Trinajstić information content (AvgIpc) is 3.73. The number of fused-ring (bicyclic) bond motifs is 5. The summed E-state index contributed by atoms with van der Waals surface area (Å²) in [6, 6.07) is 2.78. The Kier molecular flexibility index (Phi) is 6.95. The third-order valence-electron chi connectivity index (χ3n) is 9.58. The first-order valence-electron chi connectivity index (χ1n) is 15.1. The summed E-state index contributed by atoms with van der Waals surface area (Å²) in [4.78, 5) is 67.1. The number of cyclic esters (lactones) is 1. The van der Waals surface area contributed by atoms with Gasteiger partial charge in [0.25, 0.3) is 11.5 Å². The fourth-order valence-corrected chi connectivity index (χ4v) is 7.01. The van der Waals surface area contributed by atoms with E-state index in [1.807, 2.05) is 13.0 Å². The average molecular weight is 618 g/mol. The maximum absolute atomic E-state index is 15.2. The van der Waals surface area contributed by atoms with Gasteiger partial charge in [-0.3, -0.25) is 24.0 Å². The lowest BCUT2D eigenvalue weighted by Gasteiger charge is -2.31. The Hall–Kier alpha value is -4.65. The molecule has 7 rings (SSSR count). The zero-order chi connectivity index (χ0) is 31.6. The number of hydrogen-bond acceptors (Lipinski definition) is 8. The minimum Gasteiger partial charge on any atom is -0.460 e. The van der Waals surface area contributed by atoms with Crippen molar-refractivity contribution in [3.8, 4) is 11.4 Å². The quantitative estimate of drug-likeness (QED) is 0.146.